The van der Waals surface area contributed by atoms with Crippen molar-refractivity contribution in [2.24, 2.45) is 5.73 Å². The predicted octanol–water partition coefficient (Wildman–Crippen LogP) is 3.94. The second-order valence-electron chi connectivity index (χ2n) is 9.38. The smallest absolute Gasteiger partial charge is 0.322 e. The predicted molar refractivity (Wildman–Crippen MR) is 154 cm³/mol. The number of hydrogen-bond donors (Lipinski definition) is 5. The summed E-state index contributed by atoms with van der Waals surface area (Å²) in [5.74, 6) is -3.88. The van der Waals surface area contributed by atoms with Crippen molar-refractivity contribution in [1.82, 2.24) is 10.6 Å². The second-order valence-corrected chi connectivity index (χ2v) is 10.5. The van der Waals surface area contributed by atoms with E-state index in [2.05, 4.69) is 41.9 Å². The number of unbranched alkanes of at least 4 members (excludes halogenated alkanes) is 8. The number of carbonyl (C=O) groups is 5. The van der Waals surface area contributed by atoms with E-state index in [4.69, 9.17) is 15.9 Å². The molecule has 0 bridgehead atoms. The second kappa shape index (κ2) is 24.4. The highest BCUT2D eigenvalue weighted by Gasteiger charge is 2.23. The van der Waals surface area contributed by atoms with E-state index >= 15 is 0 Å². The van der Waals surface area contributed by atoms with E-state index in [0.29, 0.717) is 6.42 Å². The molecule has 11 heteroatoms. The Labute approximate surface area is 236 Å². The lowest BCUT2D eigenvalue weighted by Crippen LogP contribution is -2.49. The number of rotatable bonds is 24. The number of carboxylic acids is 2. The first-order valence-electron chi connectivity index (χ1n) is 13.9. The van der Waals surface area contributed by atoms with E-state index < -0.39 is 42.4 Å². The number of nitrogens with two attached hydrogens (primary N) is 1. The molecule has 0 heterocycles. The fourth-order valence-electron chi connectivity index (χ4n) is 3.47. The number of allylic oxidation sites excluding steroid dienone is 4. The van der Waals surface area contributed by atoms with Crippen molar-refractivity contribution in [2.75, 3.05) is 12.3 Å². The van der Waals surface area contributed by atoms with Gasteiger partial charge in [-0.15, -0.1) is 0 Å². The highest BCUT2D eigenvalue weighted by atomic mass is 32.2. The Morgan fingerprint density at radius 1 is 0.846 bits per heavy atom. The molecular weight excluding hydrogens is 522 g/mol. The Kier molecular flexibility index (Phi) is 22.7. The number of thioether (sulfide) groups is 1. The summed E-state index contributed by atoms with van der Waals surface area (Å²) in [5.41, 5.74) is 5.39. The fraction of sp³-hybridized carbons (Fsp3) is 0.679. The van der Waals surface area contributed by atoms with Gasteiger partial charge in [-0.1, -0.05) is 75.1 Å². The summed E-state index contributed by atoms with van der Waals surface area (Å²) in [6.07, 6.45) is 20.8. The molecule has 39 heavy (non-hydrogen) atoms. The topological polar surface area (TPSA) is 176 Å². The van der Waals surface area contributed by atoms with Crippen LogP contribution in [0.15, 0.2) is 24.3 Å². The van der Waals surface area contributed by atoms with Gasteiger partial charge in [-0.2, -0.15) is 0 Å². The zero-order valence-corrected chi connectivity index (χ0v) is 24.0. The summed E-state index contributed by atoms with van der Waals surface area (Å²) < 4.78 is 0. The molecule has 0 rings (SSSR count). The zero-order chi connectivity index (χ0) is 29.3. The van der Waals surface area contributed by atoms with Crippen LogP contribution < -0.4 is 16.4 Å². The van der Waals surface area contributed by atoms with Gasteiger partial charge in [-0.3, -0.25) is 24.0 Å². The molecular formula is C28H47N3O7S. The van der Waals surface area contributed by atoms with Crippen LogP contribution in [0.5, 0.6) is 0 Å². The van der Waals surface area contributed by atoms with Crippen molar-refractivity contribution in [3.63, 3.8) is 0 Å². The number of carboxylic acid groups (broad SMARTS) is 2. The van der Waals surface area contributed by atoms with Crippen LogP contribution in [-0.4, -0.2) is 63.5 Å². The Bertz CT molecular complexity index is 802. The Morgan fingerprint density at radius 2 is 1.46 bits per heavy atom. The first kappa shape index (κ1) is 36.3. The van der Waals surface area contributed by atoms with Crippen LogP contribution in [0.3, 0.4) is 0 Å². The van der Waals surface area contributed by atoms with Gasteiger partial charge in [-0.05, 0) is 44.9 Å². The number of nitrogens with one attached hydrogen (secondary N) is 2. The molecule has 2 amide bonds. The molecule has 0 aliphatic rings. The van der Waals surface area contributed by atoms with Gasteiger partial charge in [-0.25, -0.2) is 0 Å². The van der Waals surface area contributed by atoms with E-state index in [9.17, 15) is 24.0 Å². The minimum absolute atomic E-state index is 0.0543. The summed E-state index contributed by atoms with van der Waals surface area (Å²) in [6.45, 7) is 1.58. The maximum atomic E-state index is 12.3. The van der Waals surface area contributed by atoms with Crippen molar-refractivity contribution in [2.45, 2.75) is 109 Å². The molecule has 0 saturated carbocycles. The number of aliphatic carboxylic acids is 2. The highest BCUT2D eigenvalue weighted by molar-refractivity contribution is 8.13. The maximum absolute atomic E-state index is 12.3. The first-order chi connectivity index (χ1) is 18.7. The van der Waals surface area contributed by atoms with Crippen LogP contribution in [0.4, 0.5) is 0 Å². The van der Waals surface area contributed by atoms with Crippen LogP contribution in [-0.2, 0) is 24.0 Å². The van der Waals surface area contributed by atoms with Crippen LogP contribution in [0, 0.1) is 0 Å². The van der Waals surface area contributed by atoms with Crippen molar-refractivity contribution in [3.05, 3.63) is 24.3 Å². The lowest BCUT2D eigenvalue weighted by molar-refractivity contribution is -0.139. The van der Waals surface area contributed by atoms with Gasteiger partial charge in [0.05, 0.1) is 0 Å². The quantitative estimate of drug-likeness (QED) is 0.0851. The summed E-state index contributed by atoms with van der Waals surface area (Å²) >= 11 is 0.910. The molecule has 10 nitrogen and oxygen atoms in total. The van der Waals surface area contributed by atoms with Crippen LogP contribution in [0.2, 0.25) is 0 Å². The molecule has 0 fully saturated rings. The third-order valence-corrected chi connectivity index (χ3v) is 6.83. The average Bonchev–Trinajstić information content (AvgIpc) is 2.90. The third kappa shape index (κ3) is 23.0. The molecule has 0 spiro atoms. The SMILES string of the molecule is CCCCCC=CCC=CCCCCCCCC(=O)SCC(NC(=O)CCC(N)C(=O)O)C(=O)NCC(=O)O. The van der Waals surface area contributed by atoms with Crippen molar-refractivity contribution in [1.29, 1.82) is 0 Å². The maximum Gasteiger partial charge on any atom is 0.322 e. The minimum Gasteiger partial charge on any atom is -0.480 e. The molecule has 0 aromatic carbocycles. The molecule has 2 atom stereocenters. The molecule has 222 valence electrons. The lowest BCUT2D eigenvalue weighted by atomic mass is 10.1. The zero-order valence-electron chi connectivity index (χ0n) is 23.2. The molecule has 0 aliphatic heterocycles. The monoisotopic (exact) mass is 569 g/mol. The summed E-state index contributed by atoms with van der Waals surface area (Å²) in [6, 6.07) is -2.34. The fourth-order valence-corrected chi connectivity index (χ4v) is 4.35. The van der Waals surface area contributed by atoms with Gasteiger partial charge in [0.15, 0.2) is 5.12 Å². The third-order valence-electron chi connectivity index (χ3n) is 5.81. The first-order valence-corrected chi connectivity index (χ1v) is 14.9. The molecule has 0 saturated heterocycles. The lowest BCUT2D eigenvalue weighted by Gasteiger charge is -2.18. The van der Waals surface area contributed by atoms with E-state index in [1.165, 1.54) is 19.3 Å². The average molecular weight is 570 g/mol. The molecule has 0 aliphatic carbocycles. The van der Waals surface area contributed by atoms with E-state index in [0.717, 1.165) is 63.1 Å². The van der Waals surface area contributed by atoms with Gasteiger partial charge in [0.2, 0.25) is 11.8 Å². The van der Waals surface area contributed by atoms with Gasteiger partial charge in [0.1, 0.15) is 18.6 Å². The van der Waals surface area contributed by atoms with Crippen molar-refractivity contribution < 1.29 is 34.2 Å². The van der Waals surface area contributed by atoms with Crippen LogP contribution >= 0.6 is 11.8 Å². The highest BCUT2D eigenvalue weighted by Crippen LogP contribution is 2.14. The molecule has 6 N–H and O–H groups in total. The normalized spacial score (nSPS) is 12.9. The molecule has 0 aromatic rings. The van der Waals surface area contributed by atoms with E-state index in [-0.39, 0.29) is 23.7 Å². The Balaban J connectivity index is 4.18. The largest absolute Gasteiger partial charge is 0.480 e. The van der Waals surface area contributed by atoms with Gasteiger partial charge in [0.25, 0.3) is 0 Å². The number of hydrogen-bond acceptors (Lipinski definition) is 7. The van der Waals surface area contributed by atoms with Crippen LogP contribution in [0.1, 0.15) is 96.8 Å². The Morgan fingerprint density at radius 3 is 2.08 bits per heavy atom. The van der Waals surface area contributed by atoms with Crippen molar-refractivity contribution in [3.8, 4) is 0 Å². The van der Waals surface area contributed by atoms with Gasteiger partial charge < -0.3 is 26.6 Å². The summed E-state index contributed by atoms with van der Waals surface area (Å²) in [7, 11) is 0. The Hall–Kier alpha value is -2.66. The molecule has 2 unspecified atom stereocenters. The van der Waals surface area contributed by atoms with Crippen molar-refractivity contribution >= 4 is 40.6 Å². The summed E-state index contributed by atoms with van der Waals surface area (Å²) in [5, 5.41) is 22.1. The van der Waals surface area contributed by atoms with E-state index in [1.807, 2.05) is 0 Å². The van der Waals surface area contributed by atoms with Crippen LogP contribution in [0.25, 0.3) is 0 Å². The summed E-state index contributed by atoms with van der Waals surface area (Å²) in [4.78, 5) is 58.3. The number of carbonyl (C=O) groups excluding carboxylic acids is 3. The van der Waals surface area contributed by atoms with Gasteiger partial charge in [0, 0.05) is 18.6 Å². The number of amides is 2. The molecule has 0 aromatic heterocycles. The minimum atomic E-state index is -1.24. The molecule has 0 radical (unpaired) electrons. The van der Waals surface area contributed by atoms with E-state index in [1.54, 1.807) is 0 Å². The van der Waals surface area contributed by atoms with Gasteiger partial charge >= 0.3 is 11.9 Å². The standard InChI is InChI=1S/C28H47N3O7S/c1-2-3-4-5-6-7-8-9-10-11-12-13-14-15-16-17-26(35)39-21-23(27(36)30-20-25(33)34)31-24(32)19-18-22(29)28(37)38/h6-7,9-10,22-23H,2-5,8,11-21,29H2,1H3,(H,30,36)(H,31,32)(H,33,34)(H,37,38).